The van der Waals surface area contributed by atoms with E-state index in [1.165, 1.54) is 6.07 Å². The highest BCUT2D eigenvalue weighted by Crippen LogP contribution is 2.09. The average Bonchev–Trinajstić information content (AvgIpc) is 2.05. The van der Waals surface area contributed by atoms with Gasteiger partial charge >= 0.3 is 5.97 Å². The van der Waals surface area contributed by atoms with Crippen LogP contribution in [0.25, 0.3) is 0 Å². The van der Waals surface area contributed by atoms with Crippen molar-refractivity contribution < 1.29 is 9.90 Å². The minimum absolute atomic E-state index is 0.189. The molecule has 0 amide bonds. The number of rotatable bonds is 1. The standard InChI is InChI=1S/C9H7NO2/c1-6-2-3-7(5-10)4-8(6)9(11)12/h2-4H,1H3,(H,11,12). The van der Waals surface area contributed by atoms with Crippen LogP contribution in [0.5, 0.6) is 0 Å². The van der Waals surface area contributed by atoms with Crippen molar-refractivity contribution in [1.82, 2.24) is 0 Å². The molecule has 1 rings (SSSR count). The van der Waals surface area contributed by atoms with Crippen molar-refractivity contribution in [3.8, 4) is 6.07 Å². The summed E-state index contributed by atoms with van der Waals surface area (Å²) in [5, 5.41) is 17.2. The Morgan fingerprint density at radius 2 is 2.25 bits per heavy atom. The van der Waals surface area contributed by atoms with E-state index in [1.54, 1.807) is 19.1 Å². The summed E-state index contributed by atoms with van der Waals surface area (Å²) in [7, 11) is 0. The van der Waals surface area contributed by atoms with Crippen molar-refractivity contribution in [1.29, 1.82) is 5.26 Å². The maximum Gasteiger partial charge on any atom is 0.335 e. The van der Waals surface area contributed by atoms with Crippen molar-refractivity contribution in [3.63, 3.8) is 0 Å². The summed E-state index contributed by atoms with van der Waals surface area (Å²) in [6.07, 6.45) is 0. The summed E-state index contributed by atoms with van der Waals surface area (Å²) in [5.74, 6) is -0.996. The average molecular weight is 161 g/mol. The molecule has 0 spiro atoms. The Labute approximate surface area is 69.9 Å². The summed E-state index contributed by atoms with van der Waals surface area (Å²) in [6.45, 7) is 1.70. The molecule has 0 unspecified atom stereocenters. The van der Waals surface area contributed by atoms with Gasteiger partial charge in [-0.15, -0.1) is 0 Å². The van der Waals surface area contributed by atoms with E-state index in [4.69, 9.17) is 10.4 Å². The van der Waals surface area contributed by atoms with E-state index in [9.17, 15) is 4.79 Å². The molecular formula is C9H7NO2. The molecule has 0 aliphatic carbocycles. The minimum atomic E-state index is -0.996. The van der Waals surface area contributed by atoms with E-state index in [0.29, 0.717) is 11.1 Å². The highest BCUT2D eigenvalue weighted by Gasteiger charge is 2.06. The SMILES string of the molecule is Cc1ccc(C#N)cc1C(=O)O. The van der Waals surface area contributed by atoms with Crippen LogP contribution in [0.2, 0.25) is 0 Å². The van der Waals surface area contributed by atoms with Crippen LogP contribution >= 0.6 is 0 Å². The van der Waals surface area contributed by atoms with Gasteiger partial charge in [0.15, 0.2) is 0 Å². The van der Waals surface area contributed by atoms with Gasteiger partial charge in [-0.1, -0.05) is 6.07 Å². The molecule has 0 aromatic heterocycles. The Bertz CT molecular complexity index is 363. The van der Waals surface area contributed by atoms with Gasteiger partial charge in [0.1, 0.15) is 0 Å². The first kappa shape index (κ1) is 8.28. The van der Waals surface area contributed by atoms with Crippen molar-refractivity contribution in [2.45, 2.75) is 6.92 Å². The predicted octanol–water partition coefficient (Wildman–Crippen LogP) is 1.56. The second kappa shape index (κ2) is 3.05. The third-order valence-corrected chi connectivity index (χ3v) is 1.60. The topological polar surface area (TPSA) is 61.1 Å². The molecular weight excluding hydrogens is 154 g/mol. The first-order chi connectivity index (χ1) is 5.65. The lowest BCUT2D eigenvalue weighted by atomic mass is 10.1. The molecule has 3 heteroatoms. The Balaban J connectivity index is 3.28. The summed E-state index contributed by atoms with van der Waals surface area (Å²) in [4.78, 5) is 10.6. The molecule has 1 aromatic carbocycles. The molecule has 0 saturated heterocycles. The lowest BCUT2D eigenvalue weighted by Gasteiger charge is -1.98. The van der Waals surface area contributed by atoms with Gasteiger partial charge in [-0.2, -0.15) is 5.26 Å². The van der Waals surface area contributed by atoms with Gasteiger partial charge in [0.25, 0.3) is 0 Å². The molecule has 0 aliphatic rings. The first-order valence-corrected chi connectivity index (χ1v) is 3.39. The largest absolute Gasteiger partial charge is 0.478 e. The number of benzene rings is 1. The molecule has 3 nitrogen and oxygen atoms in total. The fraction of sp³-hybridized carbons (Fsp3) is 0.111. The van der Waals surface area contributed by atoms with E-state index in [1.807, 2.05) is 6.07 Å². The number of carboxylic acid groups (broad SMARTS) is 1. The van der Waals surface area contributed by atoms with Crippen LogP contribution < -0.4 is 0 Å². The van der Waals surface area contributed by atoms with E-state index in [0.717, 1.165) is 0 Å². The Morgan fingerprint density at radius 1 is 1.58 bits per heavy atom. The van der Waals surface area contributed by atoms with Crippen molar-refractivity contribution in [2.24, 2.45) is 0 Å². The maximum absolute atomic E-state index is 10.6. The number of aromatic carboxylic acids is 1. The number of carboxylic acids is 1. The zero-order valence-corrected chi connectivity index (χ0v) is 6.53. The zero-order chi connectivity index (χ0) is 9.14. The zero-order valence-electron chi connectivity index (χ0n) is 6.53. The molecule has 60 valence electrons. The number of aryl methyl sites for hydroxylation is 1. The van der Waals surface area contributed by atoms with Gasteiger partial charge in [0.05, 0.1) is 17.2 Å². The summed E-state index contributed by atoms with van der Waals surface area (Å²) < 4.78 is 0. The molecule has 1 aromatic rings. The second-order valence-electron chi connectivity index (χ2n) is 2.45. The highest BCUT2D eigenvalue weighted by atomic mass is 16.4. The van der Waals surface area contributed by atoms with Gasteiger partial charge < -0.3 is 5.11 Å². The lowest BCUT2D eigenvalue weighted by molar-refractivity contribution is 0.0696. The molecule has 0 radical (unpaired) electrons. The van der Waals surface area contributed by atoms with Crippen LogP contribution in [0, 0.1) is 18.3 Å². The molecule has 0 fully saturated rings. The minimum Gasteiger partial charge on any atom is -0.478 e. The van der Waals surface area contributed by atoms with Crippen LogP contribution in [0.4, 0.5) is 0 Å². The number of nitriles is 1. The van der Waals surface area contributed by atoms with Crippen LogP contribution in [0.3, 0.4) is 0 Å². The smallest absolute Gasteiger partial charge is 0.335 e. The molecule has 0 bridgehead atoms. The van der Waals surface area contributed by atoms with Gasteiger partial charge in [0.2, 0.25) is 0 Å². The van der Waals surface area contributed by atoms with Crippen LogP contribution in [0.1, 0.15) is 21.5 Å². The van der Waals surface area contributed by atoms with Gasteiger partial charge in [-0.05, 0) is 24.6 Å². The number of hydrogen-bond acceptors (Lipinski definition) is 2. The van der Waals surface area contributed by atoms with E-state index < -0.39 is 5.97 Å². The van der Waals surface area contributed by atoms with Crippen molar-refractivity contribution in [3.05, 3.63) is 34.9 Å². The van der Waals surface area contributed by atoms with E-state index in [-0.39, 0.29) is 5.56 Å². The van der Waals surface area contributed by atoms with Crippen LogP contribution in [-0.4, -0.2) is 11.1 Å². The molecule has 0 aliphatic heterocycles. The Morgan fingerprint density at radius 3 is 2.75 bits per heavy atom. The monoisotopic (exact) mass is 161 g/mol. The third kappa shape index (κ3) is 1.43. The van der Waals surface area contributed by atoms with Crippen molar-refractivity contribution in [2.75, 3.05) is 0 Å². The first-order valence-electron chi connectivity index (χ1n) is 3.39. The maximum atomic E-state index is 10.6. The molecule has 0 atom stereocenters. The lowest BCUT2D eigenvalue weighted by Crippen LogP contribution is -1.99. The van der Waals surface area contributed by atoms with Gasteiger partial charge in [-0.3, -0.25) is 0 Å². The summed E-state index contributed by atoms with van der Waals surface area (Å²) >= 11 is 0. The van der Waals surface area contributed by atoms with Crippen molar-refractivity contribution >= 4 is 5.97 Å². The fourth-order valence-corrected chi connectivity index (χ4v) is 0.922. The number of nitrogens with zero attached hydrogens (tertiary/aromatic N) is 1. The van der Waals surface area contributed by atoms with Gasteiger partial charge in [0, 0.05) is 0 Å². The molecule has 0 heterocycles. The third-order valence-electron chi connectivity index (χ3n) is 1.60. The van der Waals surface area contributed by atoms with Gasteiger partial charge in [-0.25, -0.2) is 4.79 Å². The molecule has 12 heavy (non-hydrogen) atoms. The van der Waals surface area contributed by atoms with E-state index in [2.05, 4.69) is 0 Å². The molecule has 1 N–H and O–H groups in total. The quantitative estimate of drug-likeness (QED) is 0.679. The number of carbonyl (C=O) groups is 1. The normalized spacial score (nSPS) is 9.00. The summed E-state index contributed by atoms with van der Waals surface area (Å²) in [5.41, 5.74) is 1.23. The Kier molecular flexibility index (Phi) is 2.11. The number of hydrogen-bond donors (Lipinski definition) is 1. The fourth-order valence-electron chi connectivity index (χ4n) is 0.922. The Hall–Kier alpha value is -1.82. The molecule has 0 saturated carbocycles. The predicted molar refractivity (Wildman–Crippen MR) is 42.9 cm³/mol. The highest BCUT2D eigenvalue weighted by molar-refractivity contribution is 5.89. The van der Waals surface area contributed by atoms with Crippen LogP contribution in [-0.2, 0) is 0 Å². The van der Waals surface area contributed by atoms with Crippen LogP contribution in [0.15, 0.2) is 18.2 Å². The summed E-state index contributed by atoms with van der Waals surface area (Å²) in [6, 6.07) is 6.48. The van der Waals surface area contributed by atoms with E-state index >= 15 is 0 Å². The second-order valence-corrected chi connectivity index (χ2v) is 2.45.